The minimum Gasteiger partial charge on any atom is -0.355 e. The van der Waals surface area contributed by atoms with Crippen LogP contribution >= 0.6 is 11.8 Å². The van der Waals surface area contributed by atoms with Crippen LogP contribution in [0.5, 0.6) is 0 Å². The highest BCUT2D eigenvalue weighted by Crippen LogP contribution is 1.99. The van der Waals surface area contributed by atoms with Crippen LogP contribution in [0.1, 0.15) is 26.7 Å². The van der Waals surface area contributed by atoms with Gasteiger partial charge < -0.3 is 10.6 Å². The molecule has 0 radical (unpaired) electrons. The Morgan fingerprint density at radius 3 is 2.71 bits per heavy atom. The minimum absolute atomic E-state index is 0.106. The molecule has 2 N–H and O–H groups in total. The van der Waals surface area contributed by atoms with Crippen LogP contribution in [0, 0.1) is 0 Å². The maximum absolute atomic E-state index is 11.1. The van der Waals surface area contributed by atoms with Gasteiger partial charge in [-0.25, -0.2) is 0 Å². The number of nitrogens with one attached hydrogen (secondary N) is 2. The van der Waals surface area contributed by atoms with Crippen molar-refractivity contribution in [1.82, 2.24) is 10.6 Å². The van der Waals surface area contributed by atoms with E-state index in [1.807, 2.05) is 11.8 Å². The number of hydrogen-bond donors (Lipinski definition) is 2. The maximum Gasteiger partial charge on any atom is 0.233 e. The molecule has 4 heteroatoms. The van der Waals surface area contributed by atoms with Gasteiger partial charge in [-0.05, 0) is 30.9 Å². The zero-order chi connectivity index (χ0) is 10.6. The molecule has 3 nitrogen and oxygen atoms in total. The second-order valence-electron chi connectivity index (χ2n) is 3.08. The molecule has 14 heavy (non-hydrogen) atoms. The average molecular weight is 218 g/mol. The van der Waals surface area contributed by atoms with Crippen LogP contribution in [0.4, 0.5) is 0 Å². The third kappa shape index (κ3) is 9.86. The first kappa shape index (κ1) is 13.8. The minimum atomic E-state index is 0.106. The second kappa shape index (κ2) is 10.9. The summed E-state index contributed by atoms with van der Waals surface area (Å²) in [4.78, 5) is 11.1. The predicted molar refractivity (Wildman–Crippen MR) is 63.8 cm³/mol. The van der Waals surface area contributed by atoms with E-state index in [-0.39, 0.29) is 5.91 Å². The van der Waals surface area contributed by atoms with Gasteiger partial charge in [0.2, 0.25) is 5.91 Å². The number of carbonyl (C=O) groups is 1. The molecule has 0 unspecified atom stereocenters. The molecule has 0 spiro atoms. The quantitative estimate of drug-likeness (QED) is 0.572. The van der Waals surface area contributed by atoms with E-state index >= 15 is 0 Å². The number of carbonyl (C=O) groups excluding carboxylic acids is 1. The first-order valence-electron chi connectivity index (χ1n) is 5.36. The van der Waals surface area contributed by atoms with Gasteiger partial charge in [0, 0.05) is 6.54 Å². The summed E-state index contributed by atoms with van der Waals surface area (Å²) in [5, 5.41) is 5.96. The van der Waals surface area contributed by atoms with Crippen molar-refractivity contribution in [1.29, 1.82) is 0 Å². The Hall–Kier alpha value is -0.220. The second-order valence-corrected chi connectivity index (χ2v) is 4.47. The summed E-state index contributed by atoms with van der Waals surface area (Å²) in [6.45, 7) is 6.39. The molecule has 0 saturated heterocycles. The largest absolute Gasteiger partial charge is 0.355 e. The molecule has 84 valence electrons. The van der Waals surface area contributed by atoms with E-state index in [2.05, 4.69) is 24.5 Å². The summed E-state index contributed by atoms with van der Waals surface area (Å²) in [6.07, 6.45) is 2.14. The molecule has 1 amide bonds. The highest BCUT2D eigenvalue weighted by molar-refractivity contribution is 7.99. The fraction of sp³-hybridized carbons (Fsp3) is 0.900. The maximum atomic E-state index is 11.1. The van der Waals surface area contributed by atoms with Gasteiger partial charge in [-0.15, -0.1) is 0 Å². The van der Waals surface area contributed by atoms with Gasteiger partial charge in [-0.2, -0.15) is 11.8 Å². The molecular weight excluding hydrogens is 196 g/mol. The zero-order valence-electron chi connectivity index (χ0n) is 9.27. The van der Waals surface area contributed by atoms with Crippen molar-refractivity contribution in [2.24, 2.45) is 0 Å². The van der Waals surface area contributed by atoms with E-state index in [0.717, 1.165) is 25.9 Å². The number of thioether (sulfide) groups is 1. The van der Waals surface area contributed by atoms with Crippen molar-refractivity contribution >= 4 is 17.7 Å². The molecule has 0 aliphatic heterocycles. The number of hydrogen-bond acceptors (Lipinski definition) is 3. The molecule has 0 heterocycles. The van der Waals surface area contributed by atoms with E-state index in [0.29, 0.717) is 6.54 Å². The van der Waals surface area contributed by atoms with Crippen LogP contribution in [-0.2, 0) is 4.79 Å². The topological polar surface area (TPSA) is 41.1 Å². The Labute approximate surface area is 91.4 Å². The highest BCUT2D eigenvalue weighted by atomic mass is 32.2. The highest BCUT2D eigenvalue weighted by Gasteiger charge is 1.97. The van der Waals surface area contributed by atoms with E-state index in [4.69, 9.17) is 0 Å². The van der Waals surface area contributed by atoms with Crippen molar-refractivity contribution in [2.45, 2.75) is 26.7 Å². The lowest BCUT2D eigenvalue weighted by Gasteiger charge is -2.05. The molecule has 0 atom stereocenters. The van der Waals surface area contributed by atoms with E-state index in [1.165, 1.54) is 11.5 Å². The first-order valence-corrected chi connectivity index (χ1v) is 6.51. The predicted octanol–water partition coefficient (Wildman–Crippen LogP) is 1.25. The van der Waals surface area contributed by atoms with Gasteiger partial charge in [0.1, 0.15) is 0 Å². The molecular formula is C10H22N2OS. The van der Waals surface area contributed by atoms with E-state index in [1.54, 1.807) is 0 Å². The van der Waals surface area contributed by atoms with Gasteiger partial charge in [0.05, 0.1) is 6.54 Å². The number of rotatable bonds is 9. The van der Waals surface area contributed by atoms with E-state index in [9.17, 15) is 4.79 Å². The molecule has 0 fully saturated rings. The normalized spacial score (nSPS) is 10.1. The van der Waals surface area contributed by atoms with Crippen molar-refractivity contribution < 1.29 is 4.79 Å². The van der Waals surface area contributed by atoms with Crippen LogP contribution in [0.2, 0.25) is 0 Å². The molecule has 0 bridgehead atoms. The Kier molecular flexibility index (Phi) is 10.7. The zero-order valence-corrected chi connectivity index (χ0v) is 10.1. The summed E-state index contributed by atoms with van der Waals surface area (Å²) < 4.78 is 0. The summed E-state index contributed by atoms with van der Waals surface area (Å²) >= 11 is 1.94. The smallest absolute Gasteiger partial charge is 0.233 e. The monoisotopic (exact) mass is 218 g/mol. The Morgan fingerprint density at radius 2 is 2.07 bits per heavy atom. The van der Waals surface area contributed by atoms with Gasteiger partial charge in [0.15, 0.2) is 0 Å². The lowest BCUT2D eigenvalue weighted by molar-refractivity contribution is -0.120. The molecule has 0 aliphatic carbocycles. The van der Waals surface area contributed by atoms with Crippen molar-refractivity contribution in [2.75, 3.05) is 31.1 Å². The Balaban J connectivity index is 3.07. The van der Waals surface area contributed by atoms with Crippen LogP contribution in [0.15, 0.2) is 0 Å². The van der Waals surface area contributed by atoms with Crippen molar-refractivity contribution in [3.05, 3.63) is 0 Å². The summed E-state index contributed by atoms with van der Waals surface area (Å²) in [7, 11) is 0. The lowest BCUT2D eigenvalue weighted by atomic mass is 10.4. The first-order chi connectivity index (χ1) is 6.81. The summed E-state index contributed by atoms with van der Waals surface area (Å²) in [6, 6.07) is 0. The number of amides is 1. The average Bonchev–Trinajstić information content (AvgIpc) is 2.20. The molecule has 0 saturated carbocycles. The molecule has 0 aromatic heterocycles. The van der Waals surface area contributed by atoms with Crippen LogP contribution in [-0.4, -0.2) is 37.0 Å². The molecule has 0 aromatic rings. The van der Waals surface area contributed by atoms with Gasteiger partial charge in [-0.3, -0.25) is 4.79 Å². The van der Waals surface area contributed by atoms with Crippen LogP contribution < -0.4 is 10.6 Å². The van der Waals surface area contributed by atoms with Crippen molar-refractivity contribution in [3.63, 3.8) is 0 Å². The van der Waals surface area contributed by atoms with Crippen LogP contribution in [0.3, 0.4) is 0 Å². The molecule has 0 aromatic carbocycles. The Bertz CT molecular complexity index is 142. The standard InChI is InChI=1S/C10H22N2OS/c1-3-6-12-10(13)9-11-7-5-8-14-4-2/h11H,3-9H2,1-2H3,(H,12,13). The van der Waals surface area contributed by atoms with Crippen molar-refractivity contribution in [3.8, 4) is 0 Å². The third-order valence-corrected chi connectivity index (χ3v) is 2.69. The van der Waals surface area contributed by atoms with Gasteiger partial charge in [0.25, 0.3) is 0 Å². The summed E-state index contributed by atoms with van der Waals surface area (Å²) in [5.41, 5.74) is 0. The molecule has 0 aliphatic rings. The van der Waals surface area contributed by atoms with E-state index < -0.39 is 0 Å². The van der Waals surface area contributed by atoms with Crippen LogP contribution in [0.25, 0.3) is 0 Å². The third-order valence-electron chi connectivity index (χ3n) is 1.70. The molecule has 0 rings (SSSR count). The van der Waals surface area contributed by atoms with Gasteiger partial charge in [-0.1, -0.05) is 13.8 Å². The fourth-order valence-corrected chi connectivity index (χ4v) is 1.61. The van der Waals surface area contributed by atoms with Gasteiger partial charge >= 0.3 is 0 Å². The lowest BCUT2D eigenvalue weighted by Crippen LogP contribution is -2.34. The SMILES string of the molecule is CCCNC(=O)CNCCCSCC. The fourth-order valence-electron chi connectivity index (χ4n) is 0.972. The Morgan fingerprint density at radius 1 is 1.29 bits per heavy atom. The summed E-state index contributed by atoms with van der Waals surface area (Å²) in [5.74, 6) is 2.46.